The zero-order valence-corrected chi connectivity index (χ0v) is 20.6. The summed E-state index contributed by atoms with van der Waals surface area (Å²) in [5.41, 5.74) is 4.34. The van der Waals surface area contributed by atoms with Gasteiger partial charge in [-0.2, -0.15) is 0 Å². The summed E-state index contributed by atoms with van der Waals surface area (Å²) >= 11 is 0. The van der Waals surface area contributed by atoms with Gasteiger partial charge in [0.05, 0.1) is 18.4 Å². The van der Waals surface area contributed by atoms with Crippen molar-refractivity contribution in [2.75, 3.05) is 53.7 Å². The van der Waals surface area contributed by atoms with Crippen LogP contribution in [0.2, 0.25) is 0 Å². The summed E-state index contributed by atoms with van der Waals surface area (Å²) in [5.74, 6) is -0.00839. The number of halogens is 1. The van der Waals surface area contributed by atoms with E-state index in [1.54, 1.807) is 33.5 Å². The van der Waals surface area contributed by atoms with Gasteiger partial charge in [0.15, 0.2) is 0 Å². The van der Waals surface area contributed by atoms with E-state index >= 15 is 4.39 Å². The molecule has 0 saturated heterocycles. The van der Waals surface area contributed by atoms with Crippen molar-refractivity contribution in [1.29, 1.82) is 0 Å². The number of ether oxygens (including phenoxy) is 1. The number of benzene rings is 2. The Morgan fingerprint density at radius 1 is 1.09 bits per heavy atom. The number of nitrogens with one attached hydrogen (secondary N) is 2. The number of rotatable bonds is 8. The second-order valence-corrected chi connectivity index (χ2v) is 8.83. The third-order valence-corrected chi connectivity index (χ3v) is 5.85. The highest BCUT2D eigenvalue weighted by Crippen LogP contribution is 2.37. The van der Waals surface area contributed by atoms with E-state index in [0.717, 1.165) is 22.3 Å². The lowest BCUT2D eigenvalue weighted by molar-refractivity contribution is 0.0828. The number of aromatic amines is 1. The van der Waals surface area contributed by atoms with E-state index < -0.39 is 5.82 Å². The number of nitrogens with zero attached hydrogens (tertiary/aromatic N) is 3. The first-order chi connectivity index (χ1) is 16.8. The minimum absolute atomic E-state index is 0.208. The van der Waals surface area contributed by atoms with Crippen molar-refractivity contribution in [3.8, 4) is 28.0 Å². The molecule has 35 heavy (non-hydrogen) atoms. The molecule has 2 aromatic carbocycles. The molecule has 8 heteroatoms. The van der Waals surface area contributed by atoms with Gasteiger partial charge in [0.2, 0.25) is 0 Å². The highest BCUT2D eigenvalue weighted by molar-refractivity contribution is 6.02. The van der Waals surface area contributed by atoms with Crippen LogP contribution in [0.3, 0.4) is 0 Å². The SMILES string of the molecule is COc1ccccc1-c1c[nH]c2ncc(-c3cc(F)c(NCCN(C)C)c(C(=O)N(C)C)c3)cc12. The number of likely N-dealkylation sites (N-methyl/N-ethyl adjacent to an activating group) is 1. The molecular formula is C27H30FN5O2. The van der Waals surface area contributed by atoms with Crippen molar-refractivity contribution in [3.63, 3.8) is 0 Å². The minimum Gasteiger partial charge on any atom is -0.496 e. The molecule has 0 spiro atoms. The van der Waals surface area contributed by atoms with Crippen LogP contribution in [0.25, 0.3) is 33.3 Å². The average molecular weight is 476 g/mol. The molecule has 0 aliphatic carbocycles. The van der Waals surface area contributed by atoms with Crippen LogP contribution in [-0.2, 0) is 0 Å². The van der Waals surface area contributed by atoms with Crippen LogP contribution >= 0.6 is 0 Å². The van der Waals surface area contributed by atoms with E-state index in [4.69, 9.17) is 4.74 Å². The summed E-state index contributed by atoms with van der Waals surface area (Å²) in [5, 5.41) is 3.97. The second kappa shape index (κ2) is 10.1. The fraction of sp³-hybridized carbons (Fsp3) is 0.259. The van der Waals surface area contributed by atoms with Crippen LogP contribution in [-0.4, -0.2) is 74.1 Å². The van der Waals surface area contributed by atoms with E-state index in [0.29, 0.717) is 29.9 Å². The molecule has 7 nitrogen and oxygen atoms in total. The lowest BCUT2D eigenvalue weighted by Crippen LogP contribution is -2.25. The third kappa shape index (κ3) is 4.97. The Bertz CT molecular complexity index is 1360. The molecule has 0 fully saturated rings. The molecule has 2 heterocycles. The average Bonchev–Trinajstić information content (AvgIpc) is 3.27. The maximum Gasteiger partial charge on any atom is 0.255 e. The van der Waals surface area contributed by atoms with Crippen LogP contribution < -0.4 is 10.1 Å². The Kier molecular flexibility index (Phi) is 7.02. The van der Waals surface area contributed by atoms with E-state index in [1.165, 1.54) is 11.0 Å². The van der Waals surface area contributed by atoms with Crippen molar-refractivity contribution in [2.24, 2.45) is 0 Å². The number of aromatic nitrogens is 2. The third-order valence-electron chi connectivity index (χ3n) is 5.85. The summed E-state index contributed by atoms with van der Waals surface area (Å²) in [7, 11) is 8.83. The largest absolute Gasteiger partial charge is 0.496 e. The highest BCUT2D eigenvalue weighted by Gasteiger charge is 2.20. The number of methoxy groups -OCH3 is 1. The zero-order valence-electron chi connectivity index (χ0n) is 20.6. The van der Waals surface area contributed by atoms with E-state index in [-0.39, 0.29) is 17.2 Å². The first-order valence-corrected chi connectivity index (χ1v) is 11.3. The number of hydrogen-bond donors (Lipinski definition) is 2. The predicted octanol–water partition coefficient (Wildman–Crippen LogP) is 4.72. The molecular weight excluding hydrogens is 445 g/mol. The van der Waals surface area contributed by atoms with Crippen LogP contribution in [0.4, 0.5) is 10.1 Å². The van der Waals surface area contributed by atoms with Gasteiger partial charge in [-0.25, -0.2) is 9.37 Å². The fourth-order valence-corrected chi connectivity index (χ4v) is 4.02. The van der Waals surface area contributed by atoms with Crippen molar-refractivity contribution in [1.82, 2.24) is 19.8 Å². The topological polar surface area (TPSA) is 73.5 Å². The van der Waals surface area contributed by atoms with Crippen LogP contribution in [0.15, 0.2) is 54.9 Å². The molecule has 4 aromatic rings. The Morgan fingerprint density at radius 2 is 1.86 bits per heavy atom. The first-order valence-electron chi connectivity index (χ1n) is 11.3. The lowest BCUT2D eigenvalue weighted by Gasteiger charge is -2.19. The number of para-hydroxylation sites is 1. The normalized spacial score (nSPS) is 11.2. The smallest absolute Gasteiger partial charge is 0.255 e. The molecule has 2 aromatic heterocycles. The molecule has 4 rings (SSSR count). The van der Waals surface area contributed by atoms with Crippen LogP contribution in [0.1, 0.15) is 10.4 Å². The molecule has 0 aliphatic heterocycles. The van der Waals surface area contributed by atoms with Gasteiger partial charge in [-0.1, -0.05) is 18.2 Å². The molecule has 0 aliphatic rings. The summed E-state index contributed by atoms with van der Waals surface area (Å²) in [6.07, 6.45) is 3.57. The Hall–Kier alpha value is -3.91. The Labute approximate surface area is 204 Å². The van der Waals surface area contributed by atoms with Gasteiger partial charge in [0.1, 0.15) is 17.2 Å². The molecule has 182 valence electrons. The summed E-state index contributed by atoms with van der Waals surface area (Å²) in [6.45, 7) is 1.21. The number of anilines is 1. The number of amides is 1. The van der Waals surface area contributed by atoms with Gasteiger partial charge in [0.25, 0.3) is 5.91 Å². The number of carbonyl (C=O) groups excluding carboxylic acids is 1. The molecule has 0 unspecified atom stereocenters. The lowest BCUT2D eigenvalue weighted by atomic mass is 9.99. The number of H-pyrrole nitrogens is 1. The van der Waals surface area contributed by atoms with Crippen molar-refractivity contribution < 1.29 is 13.9 Å². The molecule has 0 bridgehead atoms. The molecule has 0 saturated carbocycles. The summed E-state index contributed by atoms with van der Waals surface area (Å²) < 4.78 is 20.9. The fourth-order valence-electron chi connectivity index (χ4n) is 4.02. The Morgan fingerprint density at radius 3 is 2.57 bits per heavy atom. The maximum atomic E-state index is 15.4. The van der Waals surface area contributed by atoms with Gasteiger partial charge in [-0.15, -0.1) is 0 Å². The quantitative estimate of drug-likeness (QED) is 0.386. The van der Waals surface area contributed by atoms with Gasteiger partial charge < -0.3 is 24.8 Å². The highest BCUT2D eigenvalue weighted by atomic mass is 19.1. The van der Waals surface area contributed by atoms with Gasteiger partial charge in [-0.05, 0) is 43.9 Å². The number of pyridine rings is 1. The predicted molar refractivity (Wildman–Crippen MR) is 139 cm³/mol. The van der Waals surface area contributed by atoms with Gasteiger partial charge in [0, 0.05) is 61.7 Å². The minimum atomic E-state index is -0.481. The van der Waals surface area contributed by atoms with E-state index in [9.17, 15) is 4.79 Å². The van der Waals surface area contributed by atoms with Crippen LogP contribution in [0.5, 0.6) is 5.75 Å². The van der Waals surface area contributed by atoms with Crippen molar-refractivity contribution in [3.05, 3.63) is 66.2 Å². The molecule has 1 amide bonds. The summed E-state index contributed by atoms with van der Waals surface area (Å²) in [6, 6.07) is 12.9. The zero-order chi connectivity index (χ0) is 25.1. The molecule has 2 N–H and O–H groups in total. The van der Waals surface area contributed by atoms with Crippen molar-refractivity contribution in [2.45, 2.75) is 0 Å². The summed E-state index contributed by atoms with van der Waals surface area (Å²) in [4.78, 5) is 24.1. The second-order valence-electron chi connectivity index (χ2n) is 8.83. The monoisotopic (exact) mass is 475 g/mol. The van der Waals surface area contributed by atoms with Gasteiger partial charge >= 0.3 is 0 Å². The molecule has 0 atom stereocenters. The van der Waals surface area contributed by atoms with Crippen LogP contribution in [0, 0.1) is 5.82 Å². The molecule has 0 radical (unpaired) electrons. The van der Waals surface area contributed by atoms with E-state index in [1.807, 2.05) is 55.5 Å². The number of carbonyl (C=O) groups is 1. The van der Waals surface area contributed by atoms with Gasteiger partial charge in [-0.3, -0.25) is 4.79 Å². The van der Waals surface area contributed by atoms with E-state index in [2.05, 4.69) is 15.3 Å². The maximum absolute atomic E-state index is 15.4. The number of hydrogen-bond acceptors (Lipinski definition) is 5. The standard InChI is InChI=1S/C27H30FN5O2/c1-32(2)11-10-29-25-21(27(34)33(3)4)12-17(14-23(25)28)18-13-20-22(16-31-26(20)30-15-18)19-8-6-7-9-24(19)35-5/h6-9,12-16,29H,10-11H2,1-5H3,(H,30,31). The number of fused-ring (bicyclic) bond motifs is 1. The Balaban J connectivity index is 1.81. The van der Waals surface area contributed by atoms with Crippen molar-refractivity contribution >= 4 is 22.6 Å². The first kappa shape index (κ1) is 24.2.